The molecule has 0 spiro atoms. The molecule has 6 N–H and O–H groups in total. The number of likely N-dealkylation sites (N-methyl/N-ethyl adjacent to an activating group) is 1. The number of ketones is 2. The molecular weight excluding hydrogens is 540 g/mol. The minimum atomic E-state index is -2.83. The van der Waals surface area contributed by atoms with E-state index in [4.69, 9.17) is 17.3 Å². The number of nitrogens with two attached hydrogens (primary N) is 1. The second-order valence-corrected chi connectivity index (χ2v) is 11.4. The van der Waals surface area contributed by atoms with Crippen LogP contribution in [0.1, 0.15) is 29.5 Å². The van der Waals surface area contributed by atoms with E-state index in [2.05, 4.69) is 0 Å². The van der Waals surface area contributed by atoms with Gasteiger partial charge >= 0.3 is 0 Å². The molecule has 210 valence electrons. The third-order valence-electron chi connectivity index (χ3n) is 8.37. The molecule has 1 heterocycles. The first-order valence-electron chi connectivity index (χ1n) is 12.4. The molecular formula is C26H28ClF2N3O7. The van der Waals surface area contributed by atoms with E-state index in [1.54, 1.807) is 0 Å². The van der Waals surface area contributed by atoms with Gasteiger partial charge in [-0.1, -0.05) is 11.6 Å². The molecule has 2 fully saturated rings. The van der Waals surface area contributed by atoms with Crippen molar-refractivity contribution in [2.45, 2.75) is 43.4 Å². The second-order valence-electron chi connectivity index (χ2n) is 11.0. The number of carbonyl (C=O) groups is 3. The fourth-order valence-corrected chi connectivity index (χ4v) is 6.93. The van der Waals surface area contributed by atoms with E-state index in [0.29, 0.717) is 11.1 Å². The molecule has 0 unspecified atom stereocenters. The standard InChI is InChI=1S/C26H28ClF2N3O7/c1-31(2)19-13-6-10-5-12-16(14(33)7-11(18(12)27)8-32-4-3-25(28,29)9-32)20(34)15(10)22(36)26(13,39)23(37)17(21(19)35)24(30)38/h7,10,13,19,33-34,37,39H,3-6,8-9H2,1-2H3,(H2,30,38)/t10-,13-,19-,26-/m0/s1. The second kappa shape index (κ2) is 8.98. The molecule has 0 radical (unpaired) electrons. The number of aliphatic hydroxyl groups excluding tert-OH is 2. The van der Waals surface area contributed by atoms with E-state index in [1.165, 1.54) is 30.0 Å². The van der Waals surface area contributed by atoms with Crippen molar-refractivity contribution < 1.29 is 43.6 Å². The number of amides is 1. The maximum atomic E-state index is 13.8. The topological polar surface area (TPSA) is 165 Å². The van der Waals surface area contributed by atoms with Crippen LogP contribution in [0.5, 0.6) is 5.75 Å². The Bertz CT molecular complexity index is 1390. The summed E-state index contributed by atoms with van der Waals surface area (Å²) in [6.45, 7) is -0.291. The number of phenols is 1. The smallest absolute Gasteiger partial charge is 0.261 e. The summed E-state index contributed by atoms with van der Waals surface area (Å²) in [5.74, 6) is -10.4. The lowest BCUT2D eigenvalue weighted by Gasteiger charge is -2.50. The maximum Gasteiger partial charge on any atom is 0.261 e. The Hall–Kier alpha value is -3.06. The van der Waals surface area contributed by atoms with Crippen molar-refractivity contribution in [1.82, 2.24) is 9.80 Å². The average Bonchev–Trinajstić information content (AvgIpc) is 3.17. The average molecular weight is 568 g/mol. The van der Waals surface area contributed by atoms with Gasteiger partial charge in [-0.3, -0.25) is 24.2 Å². The summed E-state index contributed by atoms with van der Waals surface area (Å²) in [6, 6.07) is 0.0400. The fourth-order valence-electron chi connectivity index (χ4n) is 6.64. The summed E-state index contributed by atoms with van der Waals surface area (Å²) in [7, 11) is 3.02. The van der Waals surface area contributed by atoms with E-state index in [1.807, 2.05) is 0 Å². The van der Waals surface area contributed by atoms with Crippen molar-refractivity contribution in [3.8, 4) is 5.75 Å². The molecule has 4 aliphatic rings. The van der Waals surface area contributed by atoms with Crippen LogP contribution in [0.2, 0.25) is 5.02 Å². The highest BCUT2D eigenvalue weighted by Crippen LogP contribution is 2.53. The molecule has 1 aromatic carbocycles. The molecule has 10 nitrogen and oxygen atoms in total. The van der Waals surface area contributed by atoms with Gasteiger partial charge in [-0.15, -0.1) is 0 Å². The summed E-state index contributed by atoms with van der Waals surface area (Å²) < 4.78 is 27.4. The Balaban J connectivity index is 1.62. The SMILES string of the molecule is CN(C)[C@@H]1C(=O)C(C(N)=O)=C(O)[C@@]2(O)C(=O)C3=C(O)c4c(O)cc(CN5CCC(F)(F)C5)c(Cl)c4C[C@H]3C[C@@H]12. The van der Waals surface area contributed by atoms with Crippen molar-refractivity contribution in [2.24, 2.45) is 17.6 Å². The molecule has 0 bridgehead atoms. The van der Waals surface area contributed by atoms with Crippen molar-refractivity contribution in [3.63, 3.8) is 0 Å². The minimum absolute atomic E-state index is 0.0188. The third-order valence-corrected chi connectivity index (χ3v) is 8.84. The van der Waals surface area contributed by atoms with Gasteiger partial charge in [0.2, 0.25) is 5.78 Å². The van der Waals surface area contributed by atoms with Gasteiger partial charge in [0.1, 0.15) is 22.8 Å². The number of fused-ring (bicyclic) bond motifs is 3. The zero-order valence-electron chi connectivity index (χ0n) is 21.2. The van der Waals surface area contributed by atoms with E-state index in [-0.39, 0.29) is 48.5 Å². The quantitative estimate of drug-likeness (QED) is 0.339. The van der Waals surface area contributed by atoms with Gasteiger partial charge in [-0.25, -0.2) is 8.78 Å². The van der Waals surface area contributed by atoms with Gasteiger partial charge in [0.05, 0.1) is 18.2 Å². The van der Waals surface area contributed by atoms with Crippen LogP contribution < -0.4 is 5.73 Å². The molecule has 13 heteroatoms. The van der Waals surface area contributed by atoms with E-state index < -0.39 is 76.3 Å². The molecule has 1 saturated heterocycles. The summed E-state index contributed by atoms with van der Waals surface area (Å²) >= 11 is 6.67. The summed E-state index contributed by atoms with van der Waals surface area (Å²) in [4.78, 5) is 41.9. The fraction of sp³-hybridized carbons (Fsp3) is 0.500. The highest BCUT2D eigenvalue weighted by molar-refractivity contribution is 6.32. The number of phenolic OH excluding ortho intramolecular Hbond substituents is 1. The number of likely N-dealkylation sites (tertiary alicyclic amines) is 1. The monoisotopic (exact) mass is 567 g/mol. The molecule has 1 saturated carbocycles. The normalized spacial score (nSPS) is 30.5. The number of rotatable bonds is 4. The number of nitrogens with zero attached hydrogens (tertiary/aromatic N) is 2. The molecule has 4 atom stereocenters. The number of alkyl halides is 2. The number of aromatic hydroxyl groups is 1. The van der Waals surface area contributed by atoms with Crippen molar-refractivity contribution in [3.05, 3.63) is 44.7 Å². The first kappa shape index (κ1) is 27.5. The molecule has 39 heavy (non-hydrogen) atoms. The molecule has 1 amide bonds. The van der Waals surface area contributed by atoms with Gasteiger partial charge in [0.25, 0.3) is 11.8 Å². The first-order valence-corrected chi connectivity index (χ1v) is 12.8. The van der Waals surface area contributed by atoms with Crippen LogP contribution in [0.3, 0.4) is 0 Å². The zero-order chi connectivity index (χ0) is 28.8. The van der Waals surface area contributed by atoms with E-state index >= 15 is 0 Å². The van der Waals surface area contributed by atoms with Crippen LogP contribution >= 0.6 is 11.6 Å². The van der Waals surface area contributed by atoms with Crippen LogP contribution in [0.4, 0.5) is 8.78 Å². The van der Waals surface area contributed by atoms with Crippen LogP contribution in [-0.4, -0.2) is 92.4 Å². The summed E-state index contributed by atoms with van der Waals surface area (Å²) in [6.07, 6.45) is -0.357. The Kier molecular flexibility index (Phi) is 6.33. The number of Topliss-reactive ketones (excluding diaryl/α,β-unsaturated/α-hetero) is 2. The van der Waals surface area contributed by atoms with Crippen LogP contribution in [0.25, 0.3) is 5.76 Å². The predicted octanol–water partition coefficient (Wildman–Crippen LogP) is 1.46. The number of hydrogen-bond donors (Lipinski definition) is 5. The highest BCUT2D eigenvalue weighted by Gasteiger charge is 2.64. The number of primary amides is 1. The van der Waals surface area contributed by atoms with E-state index in [9.17, 15) is 43.6 Å². The number of carbonyl (C=O) groups excluding carboxylic acids is 3. The van der Waals surface area contributed by atoms with Gasteiger partial charge < -0.3 is 26.2 Å². The van der Waals surface area contributed by atoms with E-state index in [0.717, 1.165) is 0 Å². The van der Waals surface area contributed by atoms with Gasteiger partial charge in [-0.2, -0.15) is 0 Å². The summed E-state index contributed by atoms with van der Waals surface area (Å²) in [5.41, 5.74) is 1.91. The molecule has 1 aliphatic heterocycles. The lowest BCUT2D eigenvalue weighted by atomic mass is 9.57. The number of hydrogen-bond acceptors (Lipinski definition) is 9. The van der Waals surface area contributed by atoms with Gasteiger partial charge in [0, 0.05) is 36.0 Å². The predicted molar refractivity (Wildman–Crippen MR) is 134 cm³/mol. The Labute approximate surface area is 226 Å². The van der Waals surface area contributed by atoms with Gasteiger partial charge in [0.15, 0.2) is 11.4 Å². The van der Waals surface area contributed by atoms with Crippen molar-refractivity contribution in [1.29, 1.82) is 0 Å². The number of aliphatic hydroxyl groups is 3. The largest absolute Gasteiger partial charge is 0.508 e. The van der Waals surface area contributed by atoms with Crippen molar-refractivity contribution >= 4 is 34.8 Å². The molecule has 5 rings (SSSR count). The summed E-state index contributed by atoms with van der Waals surface area (Å²) in [5, 5.41) is 44.7. The Morgan fingerprint density at radius 2 is 1.92 bits per heavy atom. The molecule has 1 aromatic rings. The third kappa shape index (κ3) is 3.95. The van der Waals surface area contributed by atoms with Crippen LogP contribution in [0.15, 0.2) is 23.0 Å². The lowest BCUT2D eigenvalue weighted by molar-refractivity contribution is -0.153. The van der Waals surface area contributed by atoms with Crippen LogP contribution in [0, 0.1) is 11.8 Å². The molecule has 0 aromatic heterocycles. The first-order chi connectivity index (χ1) is 18.1. The maximum absolute atomic E-state index is 13.8. The minimum Gasteiger partial charge on any atom is -0.508 e. The zero-order valence-corrected chi connectivity index (χ0v) is 21.9. The van der Waals surface area contributed by atoms with Crippen molar-refractivity contribution in [2.75, 3.05) is 27.2 Å². The highest BCUT2D eigenvalue weighted by atomic mass is 35.5. The van der Waals surface area contributed by atoms with Crippen LogP contribution in [-0.2, 0) is 27.3 Å². The number of benzene rings is 1. The number of halogens is 3. The Morgan fingerprint density at radius 1 is 1.26 bits per heavy atom. The Morgan fingerprint density at radius 3 is 2.49 bits per heavy atom. The lowest BCUT2D eigenvalue weighted by Crippen LogP contribution is -2.65. The van der Waals surface area contributed by atoms with Gasteiger partial charge in [-0.05, 0) is 50.0 Å². The molecule has 3 aliphatic carbocycles.